The van der Waals surface area contributed by atoms with Gasteiger partial charge in [0.1, 0.15) is 6.04 Å². The van der Waals surface area contributed by atoms with Crippen LogP contribution in [0.25, 0.3) is 0 Å². The lowest BCUT2D eigenvalue weighted by molar-refractivity contribution is -0.157. The summed E-state index contributed by atoms with van der Waals surface area (Å²) in [5.74, 6) is -0.149. The third-order valence-electron chi connectivity index (χ3n) is 18.4. The molecule has 2 saturated carbocycles. The van der Waals surface area contributed by atoms with E-state index in [1.807, 2.05) is 63.1 Å². The summed E-state index contributed by atoms with van der Waals surface area (Å²) in [7, 11) is -10.1. The highest BCUT2D eigenvalue weighted by molar-refractivity contribution is 6.94. The summed E-state index contributed by atoms with van der Waals surface area (Å²) in [5, 5.41) is 40.1. The third-order valence-corrected chi connectivity index (χ3v) is 35.2. The van der Waals surface area contributed by atoms with Gasteiger partial charge in [-0.3, -0.25) is 29.0 Å². The van der Waals surface area contributed by atoms with Crippen LogP contribution in [0.15, 0.2) is 54.9 Å². The molecule has 2 fully saturated rings. The molecule has 103 heavy (non-hydrogen) atoms. The van der Waals surface area contributed by atoms with Crippen molar-refractivity contribution in [3.05, 3.63) is 54.9 Å². The van der Waals surface area contributed by atoms with Crippen molar-refractivity contribution in [2.75, 3.05) is 106 Å². The van der Waals surface area contributed by atoms with E-state index in [2.05, 4.69) is 68.0 Å². The summed E-state index contributed by atoms with van der Waals surface area (Å²) in [6.07, 6.45) is 9.29. The highest BCUT2D eigenvalue weighted by Crippen LogP contribution is 2.39. The Bertz CT molecular complexity index is 2530. The number of nitrogens with zero attached hydrogens (tertiary/aromatic N) is 2. The minimum Gasteiger partial charge on any atom is -0.466 e. The summed E-state index contributed by atoms with van der Waals surface area (Å²) in [4.78, 5) is 57.0. The Morgan fingerprint density at radius 2 is 1.23 bits per heavy atom. The number of aliphatic hydroxyl groups excluding tert-OH is 3. The largest absolute Gasteiger partial charge is 0.507 e. The van der Waals surface area contributed by atoms with Crippen LogP contribution in [0.1, 0.15) is 151 Å². The molecule has 0 spiro atoms. The van der Waals surface area contributed by atoms with Gasteiger partial charge in [-0.15, -0.1) is 0 Å². The van der Waals surface area contributed by atoms with E-state index in [1.54, 1.807) is 20.8 Å². The maximum absolute atomic E-state index is 14.1. The number of esters is 3. The van der Waals surface area contributed by atoms with Crippen LogP contribution in [0.2, 0.25) is 57.4 Å². The zero-order chi connectivity index (χ0) is 76.4. The Balaban J connectivity index is 1.70. The van der Waals surface area contributed by atoms with Crippen molar-refractivity contribution in [2.45, 2.75) is 263 Å². The van der Waals surface area contributed by atoms with Crippen molar-refractivity contribution in [1.29, 1.82) is 0 Å². The summed E-state index contributed by atoms with van der Waals surface area (Å²) in [5.41, 5.74) is 12.4. The first-order valence-corrected chi connectivity index (χ1v) is 50.1. The second-order valence-corrected chi connectivity index (χ2v) is 46.3. The minimum atomic E-state index is -3.76. The second kappa shape index (κ2) is 51.3. The van der Waals surface area contributed by atoms with Crippen LogP contribution in [0, 0.1) is 11.8 Å². The fourth-order valence-corrected chi connectivity index (χ4v) is 32.7. The van der Waals surface area contributed by atoms with Crippen LogP contribution in [0.5, 0.6) is 0 Å². The molecule has 0 aromatic heterocycles. The highest BCUT2D eigenvalue weighted by Gasteiger charge is 2.53. The van der Waals surface area contributed by atoms with E-state index < -0.39 is 82.5 Å². The molecule has 0 aliphatic heterocycles. The van der Waals surface area contributed by atoms with E-state index in [9.17, 15) is 34.5 Å². The van der Waals surface area contributed by atoms with Crippen LogP contribution in [0.3, 0.4) is 0 Å². The number of aliphatic hydroxyl groups is 3. The number of nitrogens with one attached hydrogen (secondary N) is 2. The average molecular weight is 1540 g/mol. The maximum Gasteiger partial charge on any atom is 0.507 e. The number of carbonyl (C=O) groups is 4. The van der Waals surface area contributed by atoms with Crippen molar-refractivity contribution in [3.8, 4) is 0 Å². The van der Waals surface area contributed by atoms with Gasteiger partial charge in [-0.05, 0) is 194 Å². The fourth-order valence-electron chi connectivity index (χ4n) is 13.4. The number of likely N-dealkylation sites (N-methyl/N-ethyl adjacent to an activating group) is 1. The van der Waals surface area contributed by atoms with Crippen LogP contribution in [-0.2, 0) is 73.5 Å². The number of ether oxygens (including phenoxy) is 8. The molecule has 1 aromatic rings. The Kier molecular flexibility index (Phi) is 46.8. The summed E-state index contributed by atoms with van der Waals surface area (Å²) in [6.45, 7) is 36.1. The quantitative estimate of drug-likeness (QED) is 0.0107. The van der Waals surface area contributed by atoms with Gasteiger partial charge in [-0.1, -0.05) is 50.4 Å². The number of nitrogens with two attached hydrogens (primary N) is 2. The number of rotatable bonds is 60. The van der Waals surface area contributed by atoms with Crippen molar-refractivity contribution in [2.24, 2.45) is 23.3 Å². The summed E-state index contributed by atoms with van der Waals surface area (Å²) >= 11 is 0. The lowest BCUT2D eigenvalue weighted by Gasteiger charge is -2.43. The van der Waals surface area contributed by atoms with E-state index in [0.717, 1.165) is 69.0 Å². The first-order chi connectivity index (χ1) is 48.9. The zero-order valence-electron chi connectivity index (χ0n) is 65.3. The molecule has 2 radical (unpaired) electrons. The third kappa shape index (κ3) is 40.2. The van der Waals surface area contributed by atoms with E-state index in [4.69, 9.17) is 65.8 Å². The molecular formula is C73H138N6O19Si5. The number of carbonyl (C=O) groups excluding carboxylic acids is 4. The van der Waals surface area contributed by atoms with Gasteiger partial charge in [0.05, 0.1) is 90.6 Å². The lowest BCUT2D eigenvalue weighted by Crippen LogP contribution is -2.67. The molecule has 3 rings (SSSR count). The predicted molar refractivity (Wildman–Crippen MR) is 413 cm³/mol. The highest BCUT2D eigenvalue weighted by atomic mass is 28.5. The molecule has 2 aliphatic rings. The van der Waals surface area contributed by atoms with Crippen LogP contribution >= 0.6 is 0 Å². The summed E-state index contributed by atoms with van der Waals surface area (Å²) < 4.78 is 74.4. The molecule has 8 unspecified atom stereocenters. The van der Waals surface area contributed by atoms with Crippen LogP contribution in [-0.4, -0.2) is 253 Å². The molecule has 25 nitrogen and oxygen atoms in total. The first-order valence-electron chi connectivity index (χ1n) is 38.2. The van der Waals surface area contributed by atoms with Gasteiger partial charge in [0.25, 0.3) is 0 Å². The Morgan fingerprint density at radius 3 is 1.82 bits per heavy atom. The molecular weight excluding hydrogens is 1410 g/mol. The summed E-state index contributed by atoms with van der Waals surface area (Å²) in [6, 6.07) is 10.9. The second-order valence-electron chi connectivity index (χ2n) is 29.7. The number of benzene rings is 1. The lowest BCUT2D eigenvalue weighted by atomic mass is 9.75. The van der Waals surface area contributed by atoms with Gasteiger partial charge in [0, 0.05) is 93.0 Å². The number of ketones is 1. The van der Waals surface area contributed by atoms with Gasteiger partial charge in [-0.25, -0.2) is 0 Å². The van der Waals surface area contributed by atoms with Gasteiger partial charge < -0.3 is 91.8 Å². The average Bonchev–Trinajstić information content (AvgIpc) is 0.780. The molecule has 0 saturated heterocycles. The minimum absolute atomic E-state index is 0.00405. The molecule has 1 aromatic carbocycles. The van der Waals surface area contributed by atoms with E-state index >= 15 is 0 Å². The van der Waals surface area contributed by atoms with E-state index in [1.165, 1.54) is 0 Å². The van der Waals surface area contributed by atoms with E-state index in [-0.39, 0.29) is 118 Å². The SMILES string of the molecule is C=C(N)COCC(=C)NCC(O)COCCC[Si](C)(C)O[Si](O[Si]CCCOCC(O)CNC(C)COCC(C)N)(O[Si](C)(C)O[Si](C)(C)CCCOC(O)CCN(C1CCC(CC2CCC(N(C)C(CC(=O)OCC)C(=O)OCC)CC2)CC1)C(CC(=O)OCC)C(=O)CCC)c1ccccc1. The Hall–Kier alpha value is -3.18. The number of hydrogen-bond acceptors (Lipinski definition) is 25. The van der Waals surface area contributed by atoms with Crippen molar-refractivity contribution < 1.29 is 88.9 Å². The van der Waals surface area contributed by atoms with Crippen molar-refractivity contribution in [3.63, 3.8) is 0 Å². The topological polar surface area (TPSA) is 322 Å². The van der Waals surface area contributed by atoms with Crippen LogP contribution in [0.4, 0.5) is 0 Å². The van der Waals surface area contributed by atoms with Crippen molar-refractivity contribution >= 4 is 72.6 Å². The molecule has 0 bridgehead atoms. The van der Waals surface area contributed by atoms with Gasteiger partial charge in [0.2, 0.25) is 9.76 Å². The molecule has 30 heteroatoms. The number of hydrogen-bond donors (Lipinski definition) is 7. The van der Waals surface area contributed by atoms with Crippen molar-refractivity contribution in [1.82, 2.24) is 20.4 Å². The van der Waals surface area contributed by atoms with E-state index in [0.29, 0.717) is 107 Å². The number of Topliss-reactive ketones (excluding diaryl/α,β-unsaturated/α-hetero) is 1. The molecule has 594 valence electrons. The van der Waals surface area contributed by atoms with Gasteiger partial charge in [-0.2, -0.15) is 0 Å². The smallest absolute Gasteiger partial charge is 0.466 e. The molecule has 0 amide bonds. The molecule has 8 atom stereocenters. The zero-order valence-corrected chi connectivity index (χ0v) is 70.3. The Morgan fingerprint density at radius 1 is 0.670 bits per heavy atom. The van der Waals surface area contributed by atoms with Gasteiger partial charge in [0.15, 0.2) is 28.7 Å². The standard InChI is InChI=1S/C73H138N6O19Si5/c1-16-26-69(82)67(46-71(84)91-17-2)79(63-35-31-61(32-36-63)45-60-29-33-62(34-30-60)78(9)68(73(86)93-19-4)47-72(85)92-18-3)38-37-70(83)94-41-25-44-100(10,11)96-102(14,15)98-103(66-27-21-20-22-28-66,95-99-42-23-39-87-54-64(80)48-76-58(7)52-89-50-56(5)74)97-101(12,13)43-24-40-88-55-65(81)49-77-59(8)53-90-51-57(6)75/h20-22,27-28,56,58,60-65,67-68,70,76-77,80-81,83H,6,8,16-19,23-26,29-55,74-75H2,1-5,7,9-15H3. The first kappa shape index (κ1) is 94.0. The Labute approximate surface area is 625 Å². The maximum atomic E-state index is 14.1. The fraction of sp³-hybridized carbons (Fsp3) is 0.808. The molecule has 0 heterocycles. The predicted octanol–water partition coefficient (Wildman–Crippen LogP) is 7.95. The molecule has 2 aliphatic carbocycles. The van der Waals surface area contributed by atoms with Gasteiger partial charge >= 0.3 is 35.3 Å². The normalized spacial score (nSPS) is 19.6. The monoisotopic (exact) mass is 1540 g/mol. The molecule has 9 N–H and O–H groups in total. The van der Waals surface area contributed by atoms with Crippen LogP contribution < -0.4 is 27.3 Å².